The monoisotopic (exact) mass is 410 g/mol. The third-order valence-corrected chi connectivity index (χ3v) is 5.54. The Morgan fingerprint density at radius 3 is 2.52 bits per heavy atom. The van der Waals surface area contributed by atoms with Crippen LogP contribution in [-0.4, -0.2) is 26.7 Å². The number of halogens is 1. The molecule has 1 unspecified atom stereocenters. The fourth-order valence-corrected chi connectivity index (χ4v) is 3.86. The lowest BCUT2D eigenvalue weighted by Gasteiger charge is -2.21. The molecule has 0 fully saturated rings. The van der Waals surface area contributed by atoms with Gasteiger partial charge in [0.25, 0.3) is 5.56 Å². The third-order valence-electron chi connectivity index (χ3n) is 3.77. The zero-order chi connectivity index (χ0) is 20.3. The molecule has 0 aliphatic heterocycles. The maximum Gasteiger partial charge on any atom is 0.318 e. The number of hydrogen-bond acceptors (Lipinski definition) is 5. The minimum Gasteiger partial charge on any atom is -0.351 e. The highest BCUT2D eigenvalue weighted by atomic mass is 35.5. The standard InChI is InChI=1S/C18H23ClN4O3S/c1-9(2)8-23-16(25)12-7-11(19)5-6-13(12)21-18(23)27-14(10(3)4)15(24)22-17(20)26/h5-7,9-10,14H,8H2,1-4H3,(H3,20,22,24,26). The van der Waals surface area contributed by atoms with Gasteiger partial charge in [-0.05, 0) is 30.0 Å². The van der Waals surface area contributed by atoms with E-state index in [1.165, 1.54) is 0 Å². The fraction of sp³-hybridized carbons (Fsp3) is 0.444. The minimum atomic E-state index is -0.910. The van der Waals surface area contributed by atoms with Gasteiger partial charge < -0.3 is 5.73 Å². The molecule has 2 rings (SSSR count). The summed E-state index contributed by atoms with van der Waals surface area (Å²) < 4.78 is 1.56. The summed E-state index contributed by atoms with van der Waals surface area (Å²) in [6.45, 7) is 8.12. The van der Waals surface area contributed by atoms with Crippen molar-refractivity contribution < 1.29 is 9.59 Å². The largest absolute Gasteiger partial charge is 0.351 e. The lowest BCUT2D eigenvalue weighted by Crippen LogP contribution is -2.42. The van der Waals surface area contributed by atoms with Crippen molar-refractivity contribution in [1.82, 2.24) is 14.9 Å². The Morgan fingerprint density at radius 2 is 1.96 bits per heavy atom. The Balaban J connectivity index is 2.57. The van der Waals surface area contributed by atoms with Crippen LogP contribution >= 0.6 is 23.4 Å². The fourth-order valence-electron chi connectivity index (χ4n) is 2.59. The number of thioether (sulfide) groups is 1. The molecule has 3 amide bonds. The second-order valence-electron chi connectivity index (χ2n) is 7.00. The van der Waals surface area contributed by atoms with E-state index in [0.29, 0.717) is 27.6 Å². The number of benzene rings is 1. The summed E-state index contributed by atoms with van der Waals surface area (Å²) in [6, 6.07) is 4.03. The number of aromatic nitrogens is 2. The highest BCUT2D eigenvalue weighted by Gasteiger charge is 2.27. The summed E-state index contributed by atoms with van der Waals surface area (Å²) in [4.78, 5) is 41.0. The zero-order valence-corrected chi connectivity index (χ0v) is 17.2. The number of carbonyl (C=O) groups excluding carboxylic acids is 2. The molecule has 0 radical (unpaired) electrons. The molecular weight excluding hydrogens is 388 g/mol. The summed E-state index contributed by atoms with van der Waals surface area (Å²) in [5, 5.41) is 2.78. The predicted molar refractivity (Wildman–Crippen MR) is 108 cm³/mol. The average molecular weight is 411 g/mol. The van der Waals surface area contributed by atoms with E-state index in [0.717, 1.165) is 11.8 Å². The van der Waals surface area contributed by atoms with Crippen molar-refractivity contribution in [3.05, 3.63) is 33.6 Å². The number of nitrogens with one attached hydrogen (secondary N) is 1. The number of urea groups is 1. The first kappa shape index (κ1) is 21.2. The first-order chi connectivity index (χ1) is 12.6. The number of carbonyl (C=O) groups is 2. The highest BCUT2D eigenvalue weighted by Crippen LogP contribution is 2.28. The third kappa shape index (κ3) is 5.23. The van der Waals surface area contributed by atoms with Gasteiger partial charge >= 0.3 is 6.03 Å². The van der Waals surface area contributed by atoms with Gasteiger partial charge in [-0.2, -0.15) is 0 Å². The van der Waals surface area contributed by atoms with Gasteiger partial charge in [0.05, 0.1) is 16.2 Å². The molecule has 0 aliphatic rings. The summed E-state index contributed by atoms with van der Waals surface area (Å²) in [7, 11) is 0. The van der Waals surface area contributed by atoms with Gasteiger partial charge in [0.15, 0.2) is 5.16 Å². The molecule has 0 bridgehead atoms. The van der Waals surface area contributed by atoms with Crippen molar-refractivity contribution in [2.45, 2.75) is 44.6 Å². The van der Waals surface area contributed by atoms with Crippen LogP contribution in [0.1, 0.15) is 27.7 Å². The SMILES string of the molecule is CC(C)Cn1c(SC(C(=O)NC(N)=O)C(C)C)nc2ccc(Cl)cc2c1=O. The lowest BCUT2D eigenvalue weighted by molar-refractivity contribution is -0.120. The Labute approximate surface area is 166 Å². The van der Waals surface area contributed by atoms with E-state index in [4.69, 9.17) is 17.3 Å². The Bertz CT molecular complexity index is 927. The quantitative estimate of drug-likeness (QED) is 0.562. The summed E-state index contributed by atoms with van der Waals surface area (Å²) in [5.74, 6) is -0.429. The topological polar surface area (TPSA) is 107 Å². The zero-order valence-electron chi connectivity index (χ0n) is 15.7. The molecule has 1 atom stereocenters. The molecule has 7 nitrogen and oxygen atoms in total. The molecule has 2 aromatic rings. The van der Waals surface area contributed by atoms with Gasteiger partial charge in [-0.15, -0.1) is 0 Å². The lowest BCUT2D eigenvalue weighted by atomic mass is 10.1. The molecule has 1 aromatic carbocycles. The van der Waals surface area contributed by atoms with Crippen molar-refractivity contribution in [2.24, 2.45) is 17.6 Å². The normalized spacial score (nSPS) is 12.6. The van der Waals surface area contributed by atoms with E-state index in [1.54, 1.807) is 22.8 Å². The van der Waals surface area contributed by atoms with Crippen LogP contribution in [0.2, 0.25) is 5.02 Å². The van der Waals surface area contributed by atoms with Crippen LogP contribution in [0.15, 0.2) is 28.2 Å². The molecule has 146 valence electrons. The summed E-state index contributed by atoms with van der Waals surface area (Å²) in [5.41, 5.74) is 5.36. The molecule has 3 N–H and O–H groups in total. The predicted octanol–water partition coefficient (Wildman–Crippen LogP) is 3.02. The molecule has 0 spiro atoms. The number of hydrogen-bond donors (Lipinski definition) is 2. The number of amides is 3. The maximum atomic E-state index is 13.0. The van der Waals surface area contributed by atoms with Gasteiger partial charge in [0, 0.05) is 11.6 Å². The molecule has 9 heteroatoms. The van der Waals surface area contributed by atoms with Crippen LogP contribution in [0.3, 0.4) is 0 Å². The van der Waals surface area contributed by atoms with Crippen LogP contribution in [0.4, 0.5) is 4.79 Å². The van der Waals surface area contributed by atoms with E-state index in [-0.39, 0.29) is 17.4 Å². The molecule has 1 heterocycles. The molecule has 27 heavy (non-hydrogen) atoms. The van der Waals surface area contributed by atoms with Gasteiger partial charge in [-0.25, -0.2) is 9.78 Å². The van der Waals surface area contributed by atoms with Crippen molar-refractivity contribution >= 4 is 46.2 Å². The first-order valence-corrected chi connectivity index (χ1v) is 9.83. The number of fused-ring (bicyclic) bond motifs is 1. The van der Waals surface area contributed by atoms with Crippen molar-refractivity contribution in [1.29, 1.82) is 0 Å². The van der Waals surface area contributed by atoms with Gasteiger partial charge in [0.1, 0.15) is 0 Å². The summed E-state index contributed by atoms with van der Waals surface area (Å²) in [6.07, 6.45) is 0. The molecule has 1 aromatic heterocycles. The van der Waals surface area contributed by atoms with Crippen molar-refractivity contribution in [3.63, 3.8) is 0 Å². The number of nitrogens with two attached hydrogens (primary N) is 1. The van der Waals surface area contributed by atoms with Gasteiger partial charge in [0.2, 0.25) is 5.91 Å². The Hall–Kier alpha value is -2.06. The molecule has 0 saturated carbocycles. The molecule has 0 saturated heterocycles. The van der Waals surface area contributed by atoms with Gasteiger partial charge in [-0.1, -0.05) is 51.1 Å². The maximum absolute atomic E-state index is 13.0. The van der Waals surface area contributed by atoms with Crippen LogP contribution in [0.25, 0.3) is 10.9 Å². The Kier molecular flexibility index (Phi) is 6.89. The van der Waals surface area contributed by atoms with E-state index < -0.39 is 17.2 Å². The highest BCUT2D eigenvalue weighted by molar-refractivity contribution is 8.00. The Morgan fingerprint density at radius 1 is 1.30 bits per heavy atom. The van der Waals surface area contributed by atoms with Gasteiger partial charge in [-0.3, -0.25) is 19.5 Å². The van der Waals surface area contributed by atoms with Crippen molar-refractivity contribution in [3.8, 4) is 0 Å². The van der Waals surface area contributed by atoms with E-state index in [1.807, 2.05) is 27.7 Å². The first-order valence-electron chi connectivity index (χ1n) is 8.57. The second-order valence-corrected chi connectivity index (χ2v) is 8.55. The average Bonchev–Trinajstić information content (AvgIpc) is 2.55. The molecule has 0 aliphatic carbocycles. The van der Waals surface area contributed by atoms with E-state index >= 15 is 0 Å². The van der Waals surface area contributed by atoms with Crippen LogP contribution in [0.5, 0.6) is 0 Å². The van der Waals surface area contributed by atoms with Crippen LogP contribution in [-0.2, 0) is 11.3 Å². The number of rotatable bonds is 6. The van der Waals surface area contributed by atoms with E-state index in [9.17, 15) is 14.4 Å². The van der Waals surface area contributed by atoms with Crippen LogP contribution < -0.4 is 16.6 Å². The van der Waals surface area contributed by atoms with Crippen LogP contribution in [0, 0.1) is 11.8 Å². The number of nitrogens with zero attached hydrogens (tertiary/aromatic N) is 2. The number of primary amides is 1. The molecular formula is C18H23ClN4O3S. The second kappa shape index (κ2) is 8.75. The smallest absolute Gasteiger partial charge is 0.318 e. The minimum absolute atomic E-state index is 0.111. The van der Waals surface area contributed by atoms with E-state index in [2.05, 4.69) is 10.3 Å². The summed E-state index contributed by atoms with van der Waals surface area (Å²) >= 11 is 7.17. The number of imide groups is 1. The van der Waals surface area contributed by atoms with Crippen molar-refractivity contribution in [2.75, 3.05) is 0 Å².